The first kappa shape index (κ1) is 15.6. The first-order valence-electron chi connectivity index (χ1n) is 7.39. The maximum atomic E-state index is 11.3. The maximum absolute atomic E-state index is 11.3. The van der Waals surface area contributed by atoms with Crippen LogP contribution in [0.1, 0.15) is 6.92 Å². The lowest BCUT2D eigenvalue weighted by molar-refractivity contribution is 0.598. The number of nitrogens with one attached hydrogen (secondary N) is 1. The Morgan fingerprint density at radius 1 is 1.17 bits per heavy atom. The number of hydrogen-bond acceptors (Lipinski definition) is 4. The molecule has 3 rings (SSSR count). The van der Waals surface area contributed by atoms with E-state index in [1.165, 1.54) is 6.26 Å². The van der Waals surface area contributed by atoms with Crippen molar-refractivity contribution in [1.82, 2.24) is 9.38 Å². The van der Waals surface area contributed by atoms with E-state index >= 15 is 0 Å². The summed E-state index contributed by atoms with van der Waals surface area (Å²) in [4.78, 5) is 4.59. The van der Waals surface area contributed by atoms with E-state index < -0.39 is 9.84 Å². The fourth-order valence-electron chi connectivity index (χ4n) is 2.59. The Kier molecular flexibility index (Phi) is 4.09. The molecule has 0 amide bonds. The second kappa shape index (κ2) is 6.04. The van der Waals surface area contributed by atoms with Crippen molar-refractivity contribution in [1.29, 1.82) is 0 Å². The highest BCUT2D eigenvalue weighted by atomic mass is 32.2. The number of nitrogens with zero attached hydrogens (tertiary/aromatic N) is 2. The first-order valence-corrected chi connectivity index (χ1v) is 9.45. The van der Waals surface area contributed by atoms with E-state index in [9.17, 15) is 8.42 Å². The Balaban J connectivity index is 1.76. The summed E-state index contributed by atoms with van der Waals surface area (Å²) < 4.78 is 24.6. The molecule has 0 aliphatic carbocycles. The third-order valence-corrected chi connectivity index (χ3v) is 4.62. The van der Waals surface area contributed by atoms with E-state index in [2.05, 4.69) is 10.3 Å². The normalized spacial score (nSPS) is 13.1. The molecule has 0 radical (unpaired) electrons. The van der Waals surface area contributed by atoms with Crippen LogP contribution in [0.5, 0.6) is 0 Å². The molecule has 0 saturated carbocycles. The van der Waals surface area contributed by atoms with Crippen LogP contribution >= 0.6 is 0 Å². The van der Waals surface area contributed by atoms with Gasteiger partial charge in [0, 0.05) is 35.9 Å². The molecule has 0 unspecified atom stereocenters. The molecule has 3 aromatic rings. The van der Waals surface area contributed by atoms with Gasteiger partial charge >= 0.3 is 0 Å². The van der Waals surface area contributed by atoms with Crippen molar-refractivity contribution in [3.8, 4) is 11.3 Å². The monoisotopic (exact) mass is 329 g/mol. The lowest BCUT2D eigenvalue weighted by atomic mass is 10.1. The predicted molar refractivity (Wildman–Crippen MR) is 93.4 cm³/mol. The summed E-state index contributed by atoms with van der Waals surface area (Å²) in [6.45, 7) is 1.86. The Morgan fingerprint density at radius 3 is 2.57 bits per heavy atom. The van der Waals surface area contributed by atoms with Crippen LogP contribution in [0.4, 0.5) is 5.69 Å². The number of anilines is 1. The van der Waals surface area contributed by atoms with Crippen LogP contribution in [-0.2, 0) is 9.84 Å². The van der Waals surface area contributed by atoms with Crippen molar-refractivity contribution in [3.05, 3.63) is 54.9 Å². The van der Waals surface area contributed by atoms with E-state index in [0.29, 0.717) is 0 Å². The van der Waals surface area contributed by atoms with E-state index in [1.54, 1.807) is 0 Å². The van der Waals surface area contributed by atoms with Crippen LogP contribution < -0.4 is 5.32 Å². The third-order valence-electron chi connectivity index (χ3n) is 3.51. The maximum Gasteiger partial charge on any atom is 0.149 e. The van der Waals surface area contributed by atoms with Gasteiger partial charge in [0.25, 0.3) is 0 Å². The average Bonchev–Trinajstić information content (AvgIpc) is 2.89. The molecule has 1 atom stereocenters. The lowest BCUT2D eigenvalue weighted by Gasteiger charge is -2.14. The number of aromatic nitrogens is 2. The Labute approximate surface area is 135 Å². The summed E-state index contributed by atoms with van der Waals surface area (Å²) in [6, 6.07) is 13.6. The summed E-state index contributed by atoms with van der Waals surface area (Å²) >= 11 is 0. The molecular formula is C17H19N3O2S. The number of sulfone groups is 1. The highest BCUT2D eigenvalue weighted by molar-refractivity contribution is 7.90. The summed E-state index contributed by atoms with van der Waals surface area (Å²) in [6.07, 6.45) is 5.20. The van der Waals surface area contributed by atoms with Crippen molar-refractivity contribution >= 4 is 21.2 Å². The molecule has 0 bridgehead atoms. The van der Waals surface area contributed by atoms with Gasteiger partial charge in [-0.15, -0.1) is 0 Å². The van der Waals surface area contributed by atoms with Gasteiger partial charge in [-0.05, 0) is 31.2 Å². The topological polar surface area (TPSA) is 63.5 Å². The van der Waals surface area contributed by atoms with E-state index in [-0.39, 0.29) is 11.8 Å². The molecular weight excluding hydrogens is 310 g/mol. The molecule has 1 N–H and O–H groups in total. The molecule has 120 valence electrons. The van der Waals surface area contributed by atoms with Gasteiger partial charge < -0.3 is 9.72 Å². The highest BCUT2D eigenvalue weighted by Crippen LogP contribution is 2.21. The van der Waals surface area contributed by atoms with E-state index in [1.807, 2.05) is 66.2 Å². The van der Waals surface area contributed by atoms with Gasteiger partial charge in [0.1, 0.15) is 15.5 Å². The SMILES string of the molecule is C[C@@H](CS(C)(=O)=O)Nc1ccc(-c2cn3ccccc3n2)cc1. The molecule has 5 nitrogen and oxygen atoms in total. The number of hydrogen-bond donors (Lipinski definition) is 1. The van der Waals surface area contributed by atoms with Gasteiger partial charge in [-0.3, -0.25) is 0 Å². The van der Waals surface area contributed by atoms with Crippen molar-refractivity contribution in [2.75, 3.05) is 17.3 Å². The van der Waals surface area contributed by atoms with Crippen LogP contribution in [0.15, 0.2) is 54.9 Å². The standard InChI is InChI=1S/C17H19N3O2S/c1-13(12-23(2,21)22)18-15-8-6-14(7-9-15)16-11-20-10-4-3-5-17(20)19-16/h3-11,13,18H,12H2,1-2H3/t13-/m0/s1. The van der Waals surface area contributed by atoms with Crippen molar-refractivity contribution in [3.63, 3.8) is 0 Å². The number of rotatable bonds is 5. The van der Waals surface area contributed by atoms with Gasteiger partial charge in [-0.25, -0.2) is 13.4 Å². The minimum Gasteiger partial charge on any atom is -0.382 e. The predicted octanol–water partition coefficient (Wildman–Crippen LogP) is 2.85. The van der Waals surface area contributed by atoms with Crippen LogP contribution in [0.25, 0.3) is 16.9 Å². The zero-order chi connectivity index (χ0) is 16.4. The van der Waals surface area contributed by atoms with Gasteiger partial charge in [-0.1, -0.05) is 18.2 Å². The van der Waals surface area contributed by atoms with Crippen LogP contribution in [0.2, 0.25) is 0 Å². The average molecular weight is 329 g/mol. The summed E-state index contributed by atoms with van der Waals surface area (Å²) in [5, 5.41) is 3.20. The Morgan fingerprint density at radius 2 is 1.91 bits per heavy atom. The minimum atomic E-state index is -2.98. The molecule has 1 aromatic carbocycles. The largest absolute Gasteiger partial charge is 0.382 e. The molecule has 0 aliphatic heterocycles. The van der Waals surface area contributed by atoms with Crippen LogP contribution in [-0.4, -0.2) is 35.9 Å². The van der Waals surface area contributed by atoms with Crippen LogP contribution in [0, 0.1) is 0 Å². The molecule has 0 spiro atoms. The second-order valence-electron chi connectivity index (χ2n) is 5.81. The van der Waals surface area contributed by atoms with Crippen molar-refractivity contribution in [2.45, 2.75) is 13.0 Å². The van der Waals surface area contributed by atoms with Crippen molar-refractivity contribution in [2.24, 2.45) is 0 Å². The Bertz CT molecular complexity index is 881. The third kappa shape index (κ3) is 3.90. The molecule has 0 fully saturated rings. The van der Waals surface area contributed by atoms with E-state index in [4.69, 9.17) is 0 Å². The number of fused-ring (bicyclic) bond motifs is 1. The lowest BCUT2D eigenvalue weighted by Crippen LogP contribution is -2.24. The number of benzene rings is 1. The van der Waals surface area contributed by atoms with E-state index in [0.717, 1.165) is 22.6 Å². The minimum absolute atomic E-state index is 0.112. The van der Waals surface area contributed by atoms with Crippen LogP contribution in [0.3, 0.4) is 0 Å². The van der Waals surface area contributed by atoms with Gasteiger partial charge in [0.2, 0.25) is 0 Å². The summed E-state index contributed by atoms with van der Waals surface area (Å²) in [7, 11) is -2.98. The molecule has 0 saturated heterocycles. The van der Waals surface area contributed by atoms with Gasteiger partial charge in [-0.2, -0.15) is 0 Å². The van der Waals surface area contributed by atoms with Gasteiger partial charge in [0.15, 0.2) is 0 Å². The molecule has 0 aliphatic rings. The fraction of sp³-hybridized carbons (Fsp3) is 0.235. The number of imidazole rings is 1. The molecule has 6 heteroatoms. The Hall–Kier alpha value is -2.34. The molecule has 23 heavy (non-hydrogen) atoms. The highest BCUT2D eigenvalue weighted by Gasteiger charge is 2.10. The number of pyridine rings is 1. The second-order valence-corrected chi connectivity index (χ2v) is 7.99. The van der Waals surface area contributed by atoms with Crippen molar-refractivity contribution < 1.29 is 8.42 Å². The summed E-state index contributed by atoms with van der Waals surface area (Å²) in [5.74, 6) is 0.112. The zero-order valence-electron chi connectivity index (χ0n) is 13.1. The smallest absolute Gasteiger partial charge is 0.149 e. The first-order chi connectivity index (χ1) is 10.9. The fourth-order valence-corrected chi connectivity index (χ4v) is 3.58. The molecule has 2 aromatic heterocycles. The zero-order valence-corrected chi connectivity index (χ0v) is 13.9. The van der Waals surface area contributed by atoms with Gasteiger partial charge in [0.05, 0.1) is 11.4 Å². The summed E-state index contributed by atoms with van der Waals surface area (Å²) in [5.41, 5.74) is 3.74. The molecule has 2 heterocycles. The quantitative estimate of drug-likeness (QED) is 0.782.